The number of hydrogen-bond acceptors (Lipinski definition) is 3. The fourth-order valence-corrected chi connectivity index (χ4v) is 1.89. The maximum atomic E-state index is 11.2. The van der Waals surface area contributed by atoms with Gasteiger partial charge in [-0.2, -0.15) is 0 Å². The van der Waals surface area contributed by atoms with Crippen LogP contribution in [-0.2, 0) is 0 Å². The van der Waals surface area contributed by atoms with E-state index in [1.165, 1.54) is 0 Å². The highest BCUT2D eigenvalue weighted by Gasteiger charge is 2.21. The molecule has 0 fully saturated rings. The standard InChI is InChI=1S/C12H12ClN3O2/c1-7(2)16-11(10(12(17)18)14-15-16)8-4-3-5-9(13)6-8/h3-7H,1-2H3,(H,17,18). The summed E-state index contributed by atoms with van der Waals surface area (Å²) in [5.41, 5.74) is 1.10. The lowest BCUT2D eigenvalue weighted by molar-refractivity contribution is 0.0691. The maximum Gasteiger partial charge on any atom is 0.358 e. The minimum Gasteiger partial charge on any atom is -0.476 e. The Hall–Kier alpha value is -1.88. The van der Waals surface area contributed by atoms with E-state index in [9.17, 15) is 4.79 Å². The Labute approximate surface area is 109 Å². The second-order valence-electron chi connectivity index (χ2n) is 4.14. The van der Waals surface area contributed by atoms with Crippen LogP contribution in [-0.4, -0.2) is 26.1 Å². The highest BCUT2D eigenvalue weighted by atomic mass is 35.5. The minimum atomic E-state index is -1.10. The van der Waals surface area contributed by atoms with Crippen molar-refractivity contribution in [1.82, 2.24) is 15.0 Å². The molecule has 2 aromatic rings. The number of carboxylic acids is 1. The third-order valence-corrected chi connectivity index (χ3v) is 2.72. The topological polar surface area (TPSA) is 68.0 Å². The Bertz CT molecular complexity index is 593. The summed E-state index contributed by atoms with van der Waals surface area (Å²) in [5, 5.41) is 17.3. The Morgan fingerprint density at radius 3 is 2.72 bits per heavy atom. The Morgan fingerprint density at radius 2 is 2.17 bits per heavy atom. The van der Waals surface area contributed by atoms with Crippen LogP contribution >= 0.6 is 11.6 Å². The van der Waals surface area contributed by atoms with E-state index in [2.05, 4.69) is 10.3 Å². The number of aromatic carboxylic acids is 1. The highest BCUT2D eigenvalue weighted by molar-refractivity contribution is 6.30. The third kappa shape index (κ3) is 2.22. The summed E-state index contributed by atoms with van der Waals surface area (Å²) in [6.45, 7) is 3.82. The van der Waals surface area contributed by atoms with Gasteiger partial charge in [0.25, 0.3) is 0 Å². The lowest BCUT2D eigenvalue weighted by atomic mass is 10.1. The molecule has 5 nitrogen and oxygen atoms in total. The second kappa shape index (κ2) is 4.78. The number of hydrogen-bond donors (Lipinski definition) is 1. The van der Waals surface area contributed by atoms with E-state index in [0.717, 1.165) is 0 Å². The van der Waals surface area contributed by atoms with Gasteiger partial charge in [0, 0.05) is 16.6 Å². The van der Waals surface area contributed by atoms with Crippen LogP contribution in [0.1, 0.15) is 30.4 Å². The van der Waals surface area contributed by atoms with Crippen molar-refractivity contribution in [2.24, 2.45) is 0 Å². The van der Waals surface area contributed by atoms with Gasteiger partial charge in [0.05, 0.1) is 0 Å². The Morgan fingerprint density at radius 1 is 1.44 bits per heavy atom. The lowest BCUT2D eigenvalue weighted by Gasteiger charge is -2.10. The summed E-state index contributed by atoms with van der Waals surface area (Å²) >= 11 is 5.93. The van der Waals surface area contributed by atoms with E-state index in [1.54, 1.807) is 28.9 Å². The molecular formula is C12H12ClN3O2. The van der Waals surface area contributed by atoms with Crippen molar-refractivity contribution in [2.75, 3.05) is 0 Å². The fourth-order valence-electron chi connectivity index (χ4n) is 1.70. The molecule has 0 spiro atoms. The van der Waals surface area contributed by atoms with Gasteiger partial charge < -0.3 is 5.11 Å². The Kier molecular flexibility index (Phi) is 3.34. The van der Waals surface area contributed by atoms with Crippen LogP contribution < -0.4 is 0 Å². The van der Waals surface area contributed by atoms with Crippen LogP contribution in [0, 0.1) is 0 Å². The lowest BCUT2D eigenvalue weighted by Crippen LogP contribution is -2.07. The maximum absolute atomic E-state index is 11.2. The van der Waals surface area contributed by atoms with Crippen molar-refractivity contribution in [3.63, 3.8) is 0 Å². The van der Waals surface area contributed by atoms with Crippen molar-refractivity contribution in [3.8, 4) is 11.3 Å². The van der Waals surface area contributed by atoms with Crippen LogP contribution in [0.25, 0.3) is 11.3 Å². The first kappa shape index (κ1) is 12.6. The van der Waals surface area contributed by atoms with Gasteiger partial charge in [0.15, 0.2) is 5.69 Å². The largest absolute Gasteiger partial charge is 0.476 e. The number of nitrogens with zero attached hydrogens (tertiary/aromatic N) is 3. The van der Waals surface area contributed by atoms with Gasteiger partial charge in [-0.3, -0.25) is 0 Å². The monoisotopic (exact) mass is 265 g/mol. The number of benzene rings is 1. The van der Waals surface area contributed by atoms with E-state index in [4.69, 9.17) is 16.7 Å². The van der Waals surface area contributed by atoms with Crippen molar-refractivity contribution >= 4 is 17.6 Å². The van der Waals surface area contributed by atoms with E-state index >= 15 is 0 Å². The molecule has 0 saturated heterocycles. The van der Waals surface area contributed by atoms with Crippen molar-refractivity contribution < 1.29 is 9.90 Å². The molecule has 18 heavy (non-hydrogen) atoms. The molecule has 1 aromatic heterocycles. The fraction of sp³-hybridized carbons (Fsp3) is 0.250. The van der Waals surface area contributed by atoms with Gasteiger partial charge >= 0.3 is 5.97 Å². The summed E-state index contributed by atoms with van der Waals surface area (Å²) < 4.78 is 1.58. The molecular weight excluding hydrogens is 254 g/mol. The Balaban J connectivity index is 2.67. The molecule has 0 aliphatic rings. The molecule has 0 unspecified atom stereocenters. The average Bonchev–Trinajstić information content (AvgIpc) is 2.73. The van der Waals surface area contributed by atoms with E-state index in [0.29, 0.717) is 16.3 Å². The molecule has 0 aliphatic heterocycles. The number of carboxylic acid groups (broad SMARTS) is 1. The first-order valence-corrected chi connectivity index (χ1v) is 5.83. The molecule has 0 atom stereocenters. The molecule has 0 radical (unpaired) electrons. The predicted octanol–water partition coefficient (Wildman–Crippen LogP) is 2.88. The summed E-state index contributed by atoms with van der Waals surface area (Å²) in [7, 11) is 0. The number of halogens is 1. The zero-order valence-corrected chi connectivity index (χ0v) is 10.7. The van der Waals surface area contributed by atoms with Crippen molar-refractivity contribution in [2.45, 2.75) is 19.9 Å². The van der Waals surface area contributed by atoms with E-state index in [-0.39, 0.29) is 11.7 Å². The van der Waals surface area contributed by atoms with Crippen LogP contribution in [0.3, 0.4) is 0 Å². The molecule has 0 bridgehead atoms. The first-order valence-electron chi connectivity index (χ1n) is 5.45. The summed E-state index contributed by atoms with van der Waals surface area (Å²) in [6, 6.07) is 7.00. The van der Waals surface area contributed by atoms with Gasteiger partial charge in [-0.15, -0.1) is 5.10 Å². The number of carbonyl (C=O) groups is 1. The SMILES string of the molecule is CC(C)n1nnc(C(=O)O)c1-c1cccc(Cl)c1. The van der Waals surface area contributed by atoms with Crippen molar-refractivity contribution in [3.05, 3.63) is 35.0 Å². The number of aromatic nitrogens is 3. The smallest absolute Gasteiger partial charge is 0.358 e. The summed E-state index contributed by atoms with van der Waals surface area (Å²) in [5.74, 6) is -1.10. The molecule has 94 valence electrons. The molecule has 2 rings (SSSR count). The highest BCUT2D eigenvalue weighted by Crippen LogP contribution is 2.27. The van der Waals surface area contributed by atoms with Gasteiger partial charge in [-0.1, -0.05) is 28.9 Å². The predicted molar refractivity (Wildman–Crippen MR) is 67.8 cm³/mol. The minimum absolute atomic E-state index is 0.0135. The van der Waals surface area contributed by atoms with Gasteiger partial charge in [-0.25, -0.2) is 9.48 Å². The quantitative estimate of drug-likeness (QED) is 0.926. The van der Waals surface area contributed by atoms with Crippen LogP contribution in [0.15, 0.2) is 24.3 Å². The number of rotatable bonds is 3. The molecule has 6 heteroatoms. The molecule has 1 aromatic carbocycles. The van der Waals surface area contributed by atoms with Crippen molar-refractivity contribution in [1.29, 1.82) is 0 Å². The third-order valence-electron chi connectivity index (χ3n) is 2.48. The average molecular weight is 266 g/mol. The van der Waals surface area contributed by atoms with Crippen LogP contribution in [0.4, 0.5) is 0 Å². The molecule has 1 heterocycles. The van der Waals surface area contributed by atoms with Crippen LogP contribution in [0.5, 0.6) is 0 Å². The molecule has 0 aliphatic carbocycles. The van der Waals surface area contributed by atoms with Gasteiger partial charge in [-0.05, 0) is 26.0 Å². The zero-order valence-electron chi connectivity index (χ0n) is 9.96. The zero-order chi connectivity index (χ0) is 13.3. The molecule has 0 saturated carbocycles. The normalized spacial score (nSPS) is 10.9. The summed E-state index contributed by atoms with van der Waals surface area (Å²) in [4.78, 5) is 11.2. The van der Waals surface area contributed by atoms with Gasteiger partial charge in [0.1, 0.15) is 5.69 Å². The van der Waals surface area contributed by atoms with Crippen LogP contribution in [0.2, 0.25) is 5.02 Å². The first-order chi connectivity index (χ1) is 8.50. The molecule has 1 N–H and O–H groups in total. The summed E-state index contributed by atoms with van der Waals surface area (Å²) in [6.07, 6.45) is 0. The van der Waals surface area contributed by atoms with E-state index in [1.807, 2.05) is 13.8 Å². The molecule has 0 amide bonds. The van der Waals surface area contributed by atoms with Gasteiger partial charge in [0.2, 0.25) is 0 Å². The second-order valence-corrected chi connectivity index (χ2v) is 4.58. The van der Waals surface area contributed by atoms with E-state index < -0.39 is 5.97 Å².